The molecule has 0 aromatic rings. The summed E-state index contributed by atoms with van der Waals surface area (Å²) < 4.78 is 0. The molecule has 0 saturated carbocycles. The molecule has 0 aliphatic rings. The highest BCUT2D eigenvalue weighted by molar-refractivity contribution is 4.44. The minimum Gasteiger partial charge on any atom is -1.00 e. The molecule has 0 aromatic heterocycles. The van der Waals surface area contributed by atoms with Gasteiger partial charge in [-0.05, 0) is 12.8 Å². The molecule has 0 fully saturated rings. The molecular weight excluding hydrogens is 496 g/mol. The molecule has 0 aliphatic carbocycles. The van der Waals surface area contributed by atoms with Gasteiger partial charge >= 0.3 is 0 Å². The van der Waals surface area contributed by atoms with Crippen LogP contribution >= 0.6 is 0 Å². The van der Waals surface area contributed by atoms with E-state index in [4.69, 9.17) is 0 Å². The molecular formula is C10H36Br4N4. The molecule has 4 nitrogen and oxygen atoms in total. The molecule has 0 aliphatic heterocycles. The van der Waals surface area contributed by atoms with Crippen molar-refractivity contribution in [1.29, 1.82) is 0 Å². The average Bonchev–Trinajstić information content (AvgIpc) is 2.03. The maximum absolute atomic E-state index is 3.83. The summed E-state index contributed by atoms with van der Waals surface area (Å²) in [6.07, 6.45) is 11.3. The molecule has 0 amide bonds. The first-order chi connectivity index (χ1) is 5.41. The van der Waals surface area contributed by atoms with E-state index in [2.05, 4.69) is 12.7 Å². The fourth-order valence-electron chi connectivity index (χ4n) is 1.31. The third kappa shape index (κ3) is 52.4. The summed E-state index contributed by atoms with van der Waals surface area (Å²) in [5, 5.41) is 0. The maximum atomic E-state index is 3.83. The summed E-state index contributed by atoms with van der Waals surface area (Å²) in [5.41, 5.74) is 3.83. The van der Waals surface area contributed by atoms with Crippen molar-refractivity contribution in [1.82, 2.24) is 18.5 Å². The van der Waals surface area contributed by atoms with Crippen LogP contribution in [0.4, 0.5) is 0 Å². The van der Waals surface area contributed by atoms with E-state index in [1.807, 2.05) is 0 Å². The Bertz CT molecular complexity index is 74.9. The maximum Gasteiger partial charge on any atom is 0.0739 e. The van der Waals surface area contributed by atoms with Crippen molar-refractivity contribution in [2.45, 2.75) is 58.3 Å². The van der Waals surface area contributed by atoms with Gasteiger partial charge in [-0.2, -0.15) is 0 Å². The zero-order chi connectivity index (χ0) is 8.36. The molecule has 0 spiro atoms. The van der Waals surface area contributed by atoms with Gasteiger partial charge in [-0.3, -0.25) is 0 Å². The molecule has 0 bridgehead atoms. The van der Waals surface area contributed by atoms with Crippen LogP contribution in [0.5, 0.6) is 0 Å². The summed E-state index contributed by atoms with van der Waals surface area (Å²) in [7, 11) is 0. The molecule has 18 heavy (non-hydrogen) atoms. The van der Waals surface area contributed by atoms with Crippen LogP contribution in [0.25, 0.3) is 0 Å². The smallest absolute Gasteiger partial charge is 0.0739 e. The molecule has 0 unspecified atom stereocenters. The Kier molecular flexibility index (Phi) is 143. The Morgan fingerprint density at radius 3 is 1.11 bits per heavy atom. The SMILES string of the molecule is CCCCCCCCCC[NH3+].[Br-].[Br-].[Br-].[Br-].[NH4+].[NH4+].[NH4+]. The second-order valence-electron chi connectivity index (χ2n) is 3.33. The lowest BCUT2D eigenvalue weighted by Crippen LogP contribution is -3.00. The van der Waals surface area contributed by atoms with E-state index in [0.717, 1.165) is 6.54 Å². The van der Waals surface area contributed by atoms with Crippen molar-refractivity contribution in [3.8, 4) is 0 Å². The first-order valence-corrected chi connectivity index (χ1v) is 5.21. The quantitative estimate of drug-likeness (QED) is 0.221. The minimum absolute atomic E-state index is 0. The number of rotatable bonds is 8. The van der Waals surface area contributed by atoms with Crippen molar-refractivity contribution in [3.63, 3.8) is 0 Å². The first-order valence-electron chi connectivity index (χ1n) is 5.21. The van der Waals surface area contributed by atoms with Crippen LogP contribution in [0.2, 0.25) is 0 Å². The van der Waals surface area contributed by atoms with Crippen LogP contribution in [0.15, 0.2) is 0 Å². The lowest BCUT2D eigenvalue weighted by atomic mass is 10.1. The molecule has 0 radical (unpaired) electrons. The highest BCUT2D eigenvalue weighted by Crippen LogP contribution is 2.07. The molecule has 0 atom stereocenters. The van der Waals surface area contributed by atoms with Crippen molar-refractivity contribution >= 4 is 0 Å². The minimum atomic E-state index is 0. The third-order valence-electron chi connectivity index (χ3n) is 2.10. The van der Waals surface area contributed by atoms with Gasteiger partial charge in [0.2, 0.25) is 0 Å². The van der Waals surface area contributed by atoms with Crippen molar-refractivity contribution in [2.75, 3.05) is 6.54 Å². The molecule has 124 valence electrons. The van der Waals surface area contributed by atoms with Crippen LogP contribution in [-0.2, 0) is 0 Å². The molecule has 15 N–H and O–H groups in total. The Morgan fingerprint density at radius 2 is 0.833 bits per heavy atom. The Labute approximate surface area is 156 Å². The highest BCUT2D eigenvalue weighted by Gasteiger charge is 1.89. The van der Waals surface area contributed by atoms with Crippen molar-refractivity contribution in [3.05, 3.63) is 0 Å². The first kappa shape index (κ1) is 50.3. The van der Waals surface area contributed by atoms with Crippen molar-refractivity contribution < 1.29 is 73.7 Å². The van der Waals surface area contributed by atoms with Crippen LogP contribution in [0.1, 0.15) is 58.3 Å². The second kappa shape index (κ2) is 51.1. The third-order valence-corrected chi connectivity index (χ3v) is 2.10. The molecule has 8 heteroatoms. The van der Waals surface area contributed by atoms with Gasteiger partial charge in [0.1, 0.15) is 0 Å². The van der Waals surface area contributed by atoms with Gasteiger partial charge in [-0.25, -0.2) is 0 Å². The summed E-state index contributed by atoms with van der Waals surface area (Å²) in [6.45, 7) is 3.39. The van der Waals surface area contributed by atoms with Crippen LogP contribution < -0.4 is 92.1 Å². The van der Waals surface area contributed by atoms with E-state index in [-0.39, 0.29) is 86.4 Å². The van der Waals surface area contributed by atoms with Crippen LogP contribution in [0.3, 0.4) is 0 Å². The van der Waals surface area contributed by atoms with Crippen LogP contribution in [0, 0.1) is 0 Å². The topological polar surface area (TPSA) is 137 Å². The van der Waals surface area contributed by atoms with Crippen molar-refractivity contribution in [2.24, 2.45) is 0 Å². The van der Waals surface area contributed by atoms with E-state index in [9.17, 15) is 0 Å². The van der Waals surface area contributed by atoms with Gasteiger partial charge in [-0.1, -0.05) is 45.4 Å². The van der Waals surface area contributed by atoms with Crippen LogP contribution in [-0.4, -0.2) is 6.54 Å². The van der Waals surface area contributed by atoms with E-state index in [1.54, 1.807) is 0 Å². The number of hydrogen-bond acceptors (Lipinski definition) is 0. The number of hydrogen-bond donors (Lipinski definition) is 4. The Balaban J connectivity index is -0.0000000238. The predicted octanol–water partition coefficient (Wildman–Crippen LogP) is -8.49. The lowest BCUT2D eigenvalue weighted by Gasteiger charge is -1.98. The predicted molar refractivity (Wildman–Crippen MR) is 68.3 cm³/mol. The average molecular weight is 532 g/mol. The number of halogens is 4. The van der Waals surface area contributed by atoms with E-state index >= 15 is 0 Å². The van der Waals surface area contributed by atoms with Gasteiger partial charge in [0.25, 0.3) is 0 Å². The summed E-state index contributed by atoms with van der Waals surface area (Å²) >= 11 is 0. The summed E-state index contributed by atoms with van der Waals surface area (Å²) in [4.78, 5) is 0. The fraction of sp³-hybridized carbons (Fsp3) is 1.00. The van der Waals surface area contributed by atoms with E-state index in [0.29, 0.717) is 0 Å². The van der Waals surface area contributed by atoms with Gasteiger partial charge in [0, 0.05) is 0 Å². The highest BCUT2D eigenvalue weighted by atomic mass is 79.9. The zero-order valence-corrected chi connectivity index (χ0v) is 18.9. The van der Waals surface area contributed by atoms with Gasteiger partial charge in [0.15, 0.2) is 0 Å². The Hall–Kier alpha value is 1.76. The van der Waals surface area contributed by atoms with Gasteiger partial charge in [0.05, 0.1) is 6.54 Å². The fourth-order valence-corrected chi connectivity index (χ4v) is 1.31. The standard InChI is InChI=1S/C10H23N.4BrH.3H3N/c1-2-3-4-5-6-7-8-9-10-11;;;;;;;/h2-11H2,1H3;4*1H;3*1H3. The lowest BCUT2D eigenvalue weighted by molar-refractivity contribution is -0.368. The molecule has 0 aromatic carbocycles. The van der Waals surface area contributed by atoms with E-state index < -0.39 is 0 Å². The molecule has 0 saturated heterocycles. The largest absolute Gasteiger partial charge is 1.00 e. The Morgan fingerprint density at radius 1 is 0.556 bits per heavy atom. The molecule has 0 heterocycles. The van der Waals surface area contributed by atoms with Gasteiger partial charge < -0.3 is 92.1 Å². The zero-order valence-electron chi connectivity index (χ0n) is 12.6. The molecule has 0 rings (SSSR count). The van der Waals surface area contributed by atoms with Gasteiger partial charge in [-0.15, -0.1) is 0 Å². The monoisotopic (exact) mass is 528 g/mol. The van der Waals surface area contributed by atoms with E-state index in [1.165, 1.54) is 51.4 Å². The normalized spacial score (nSPS) is 6.33. The summed E-state index contributed by atoms with van der Waals surface area (Å²) in [6, 6.07) is 0. The number of quaternary nitrogens is 4. The second-order valence-corrected chi connectivity index (χ2v) is 3.33. The summed E-state index contributed by atoms with van der Waals surface area (Å²) in [5.74, 6) is 0. The number of unbranched alkanes of at least 4 members (excludes halogenated alkanes) is 7.